The summed E-state index contributed by atoms with van der Waals surface area (Å²) in [5, 5.41) is -0.695. The maximum absolute atomic E-state index is 11.6. The largest absolute Gasteiger partial charge is 0.466 e. The van der Waals surface area contributed by atoms with Crippen molar-refractivity contribution in [3.05, 3.63) is 0 Å². The van der Waals surface area contributed by atoms with Crippen LogP contribution in [-0.4, -0.2) is 47.2 Å². The molecular weight excluding hydrogens is 328 g/mol. The molecular formula is C14H22O6S2. The van der Waals surface area contributed by atoms with Gasteiger partial charge in [-0.25, -0.2) is 0 Å². The highest BCUT2D eigenvalue weighted by molar-refractivity contribution is 8.77. The number of hydrogen-bond donors (Lipinski definition) is 0. The summed E-state index contributed by atoms with van der Waals surface area (Å²) >= 11 is 0. The number of rotatable bonds is 11. The molecule has 8 heteroatoms. The third kappa shape index (κ3) is 10.7. The van der Waals surface area contributed by atoms with E-state index in [2.05, 4.69) is 0 Å². The van der Waals surface area contributed by atoms with Gasteiger partial charge in [-0.15, -0.1) is 0 Å². The molecule has 0 aliphatic heterocycles. The second-order valence-electron chi connectivity index (χ2n) is 4.65. The summed E-state index contributed by atoms with van der Waals surface area (Å²) in [6.45, 7) is 5.90. The smallest absolute Gasteiger partial charge is 0.302 e. The predicted molar refractivity (Wildman–Crippen MR) is 86.6 cm³/mol. The number of Topliss-reactive ketones (excluding diaryl/α,β-unsaturated/α-hetero) is 2. The van der Waals surface area contributed by atoms with Gasteiger partial charge in [0.25, 0.3) is 0 Å². The van der Waals surface area contributed by atoms with E-state index in [-0.39, 0.29) is 47.2 Å². The maximum Gasteiger partial charge on any atom is 0.302 e. The highest BCUT2D eigenvalue weighted by Gasteiger charge is 2.21. The van der Waals surface area contributed by atoms with E-state index in [1.807, 2.05) is 0 Å². The molecule has 0 unspecified atom stereocenters. The van der Waals surface area contributed by atoms with Gasteiger partial charge in [0, 0.05) is 26.7 Å². The lowest BCUT2D eigenvalue weighted by atomic mass is 10.2. The van der Waals surface area contributed by atoms with Crippen molar-refractivity contribution >= 4 is 45.1 Å². The van der Waals surface area contributed by atoms with Crippen molar-refractivity contribution in [2.75, 3.05) is 13.2 Å². The van der Waals surface area contributed by atoms with Gasteiger partial charge in [0.05, 0.1) is 23.7 Å². The zero-order valence-corrected chi connectivity index (χ0v) is 14.9. The summed E-state index contributed by atoms with van der Waals surface area (Å²) in [5.41, 5.74) is 0. The van der Waals surface area contributed by atoms with Gasteiger partial charge in [0.2, 0.25) is 0 Å². The molecule has 6 nitrogen and oxygen atoms in total. The zero-order valence-electron chi connectivity index (χ0n) is 13.2. The first-order valence-electron chi connectivity index (χ1n) is 6.83. The molecule has 0 fully saturated rings. The van der Waals surface area contributed by atoms with E-state index in [4.69, 9.17) is 9.47 Å². The van der Waals surface area contributed by atoms with Crippen LogP contribution in [0.1, 0.15) is 40.5 Å². The van der Waals surface area contributed by atoms with Gasteiger partial charge in [-0.3, -0.25) is 19.2 Å². The fourth-order valence-corrected chi connectivity index (χ4v) is 4.51. The highest BCUT2D eigenvalue weighted by Crippen LogP contribution is 2.35. The van der Waals surface area contributed by atoms with Gasteiger partial charge >= 0.3 is 11.9 Å². The van der Waals surface area contributed by atoms with Crippen LogP contribution >= 0.6 is 21.6 Å². The van der Waals surface area contributed by atoms with Crippen LogP contribution < -0.4 is 0 Å². The third-order valence-electron chi connectivity index (χ3n) is 2.57. The second-order valence-corrected chi connectivity index (χ2v) is 7.33. The molecule has 0 amide bonds. The standard InChI is InChI=1S/C14H22O6S2/c1-9(15)13(5-7-19-11(3)17)21-22-14(10(2)16)6-8-20-12(4)18/h13-14H,5-8H2,1-4H3/t13-,14-/m0/s1. The minimum absolute atomic E-state index is 0.0352. The van der Waals surface area contributed by atoms with E-state index in [0.29, 0.717) is 12.8 Å². The summed E-state index contributed by atoms with van der Waals surface area (Å²) in [7, 11) is 2.58. The third-order valence-corrected chi connectivity index (χ3v) is 6.00. The molecule has 2 atom stereocenters. The van der Waals surface area contributed by atoms with E-state index in [1.54, 1.807) is 0 Å². The van der Waals surface area contributed by atoms with Crippen LogP contribution in [0.25, 0.3) is 0 Å². The molecule has 0 saturated heterocycles. The molecule has 0 aliphatic carbocycles. The van der Waals surface area contributed by atoms with Crippen molar-refractivity contribution in [1.29, 1.82) is 0 Å². The summed E-state index contributed by atoms with van der Waals surface area (Å²) in [4.78, 5) is 44.6. The zero-order chi connectivity index (χ0) is 17.1. The number of carbonyl (C=O) groups is 4. The van der Waals surface area contributed by atoms with Crippen LogP contribution in [0, 0.1) is 0 Å². The van der Waals surface area contributed by atoms with Crippen molar-refractivity contribution < 1.29 is 28.7 Å². The van der Waals surface area contributed by atoms with Crippen LogP contribution in [0.5, 0.6) is 0 Å². The average molecular weight is 350 g/mol. The predicted octanol–water partition coefficient (Wildman–Crippen LogP) is 2.19. The normalized spacial score (nSPS) is 13.1. The Kier molecular flexibility index (Phi) is 11.0. The SMILES string of the molecule is CC(=O)OCC[C@H](SS[C@@H](CCOC(C)=O)C(C)=O)C(C)=O. The molecule has 22 heavy (non-hydrogen) atoms. The van der Waals surface area contributed by atoms with Gasteiger partial charge in [-0.05, 0) is 13.8 Å². The fourth-order valence-electron chi connectivity index (χ4n) is 1.39. The first-order chi connectivity index (χ1) is 10.2. The van der Waals surface area contributed by atoms with Crippen LogP contribution in [0.3, 0.4) is 0 Å². The monoisotopic (exact) mass is 350 g/mol. The molecule has 126 valence electrons. The Morgan fingerprint density at radius 1 is 0.727 bits per heavy atom. The van der Waals surface area contributed by atoms with Crippen molar-refractivity contribution in [2.24, 2.45) is 0 Å². The quantitative estimate of drug-likeness (QED) is 0.414. The van der Waals surface area contributed by atoms with E-state index in [9.17, 15) is 19.2 Å². The molecule has 0 rings (SSSR count). The van der Waals surface area contributed by atoms with Gasteiger partial charge in [-0.2, -0.15) is 0 Å². The number of esters is 2. The van der Waals surface area contributed by atoms with E-state index >= 15 is 0 Å². The molecule has 0 heterocycles. The summed E-state index contributed by atoms with van der Waals surface area (Å²) < 4.78 is 9.66. The summed E-state index contributed by atoms with van der Waals surface area (Å²) in [6.07, 6.45) is 0.808. The van der Waals surface area contributed by atoms with Crippen molar-refractivity contribution in [1.82, 2.24) is 0 Å². The van der Waals surface area contributed by atoms with Gasteiger partial charge in [0.15, 0.2) is 0 Å². The maximum atomic E-state index is 11.6. The lowest BCUT2D eigenvalue weighted by Gasteiger charge is -2.17. The number of carbonyl (C=O) groups excluding carboxylic acids is 4. The first-order valence-corrected chi connectivity index (χ1v) is 9.11. The molecule has 0 aromatic rings. The summed E-state index contributed by atoms with van der Waals surface area (Å²) in [5.74, 6) is -0.843. The molecule has 0 N–H and O–H groups in total. The summed E-state index contributed by atoms with van der Waals surface area (Å²) in [6, 6.07) is 0. The van der Waals surface area contributed by atoms with Crippen molar-refractivity contribution in [3.63, 3.8) is 0 Å². The lowest BCUT2D eigenvalue weighted by molar-refractivity contribution is -0.142. The number of hydrogen-bond acceptors (Lipinski definition) is 8. The van der Waals surface area contributed by atoms with Crippen LogP contribution in [0.4, 0.5) is 0 Å². The van der Waals surface area contributed by atoms with Crippen LogP contribution in [0.15, 0.2) is 0 Å². The number of ether oxygens (including phenoxy) is 2. The Balaban J connectivity index is 4.31. The van der Waals surface area contributed by atoms with Crippen LogP contribution in [0.2, 0.25) is 0 Å². The number of ketones is 2. The first kappa shape index (κ1) is 21.0. The fraction of sp³-hybridized carbons (Fsp3) is 0.714. The molecule has 0 spiro atoms. The van der Waals surface area contributed by atoms with Gasteiger partial charge in [0.1, 0.15) is 11.6 Å². The van der Waals surface area contributed by atoms with Crippen LogP contribution in [-0.2, 0) is 28.7 Å². The van der Waals surface area contributed by atoms with E-state index < -0.39 is 0 Å². The molecule has 0 radical (unpaired) electrons. The molecule has 0 bridgehead atoms. The van der Waals surface area contributed by atoms with Crippen molar-refractivity contribution in [3.8, 4) is 0 Å². The van der Waals surface area contributed by atoms with Crippen molar-refractivity contribution in [2.45, 2.75) is 51.0 Å². The van der Waals surface area contributed by atoms with E-state index in [0.717, 1.165) is 0 Å². The van der Waals surface area contributed by atoms with Gasteiger partial charge in [-0.1, -0.05) is 21.6 Å². The Bertz CT molecular complexity index is 372. The van der Waals surface area contributed by atoms with E-state index in [1.165, 1.54) is 49.3 Å². The minimum atomic E-state index is -0.386. The Morgan fingerprint density at radius 2 is 1.05 bits per heavy atom. The molecule has 0 saturated carbocycles. The second kappa shape index (κ2) is 11.5. The molecule has 0 aromatic carbocycles. The Hall–Kier alpha value is -1.02. The molecule has 0 aliphatic rings. The molecule has 0 aromatic heterocycles. The highest BCUT2D eigenvalue weighted by atomic mass is 33.1. The van der Waals surface area contributed by atoms with Gasteiger partial charge < -0.3 is 9.47 Å². The Labute approximate surface area is 138 Å². The topological polar surface area (TPSA) is 86.7 Å². The Morgan fingerprint density at radius 3 is 1.27 bits per heavy atom. The lowest BCUT2D eigenvalue weighted by Crippen LogP contribution is -2.20. The average Bonchev–Trinajstić information content (AvgIpc) is 2.38. The minimum Gasteiger partial charge on any atom is -0.466 e.